The monoisotopic (exact) mass is 342 g/mol. The second-order valence-corrected chi connectivity index (χ2v) is 6.02. The first kappa shape index (κ1) is 18.6. The third-order valence-corrected chi connectivity index (χ3v) is 3.96. The first-order valence-corrected chi connectivity index (χ1v) is 8.31. The summed E-state index contributed by atoms with van der Waals surface area (Å²) < 4.78 is 13.7. The molecular weight excluding hydrogens is 319 g/mol. The molecule has 0 bridgehead atoms. The second kappa shape index (κ2) is 8.97. The van der Waals surface area contributed by atoms with Crippen molar-refractivity contribution in [3.8, 4) is 0 Å². The van der Waals surface area contributed by atoms with Crippen LogP contribution in [0, 0.1) is 12.7 Å². The molecule has 0 saturated heterocycles. The van der Waals surface area contributed by atoms with Crippen LogP contribution in [0.1, 0.15) is 24.5 Å². The highest BCUT2D eigenvalue weighted by Crippen LogP contribution is 2.11. The molecule has 0 heterocycles. The van der Waals surface area contributed by atoms with Crippen LogP contribution in [-0.4, -0.2) is 29.8 Å². The molecule has 2 aromatic carbocycles. The van der Waals surface area contributed by atoms with E-state index < -0.39 is 0 Å². The largest absolute Gasteiger partial charge is 0.342 e. The van der Waals surface area contributed by atoms with E-state index in [2.05, 4.69) is 5.32 Å². The number of hydrogen-bond acceptors (Lipinski definition) is 2. The van der Waals surface area contributed by atoms with Crippen LogP contribution >= 0.6 is 0 Å². The number of nitrogens with zero attached hydrogens (tertiary/aromatic N) is 1. The van der Waals surface area contributed by atoms with E-state index in [-0.39, 0.29) is 24.1 Å². The van der Waals surface area contributed by atoms with Crippen molar-refractivity contribution in [3.05, 3.63) is 65.5 Å². The Bertz CT molecular complexity index is 746. The van der Waals surface area contributed by atoms with E-state index in [9.17, 15) is 14.0 Å². The first-order valence-electron chi connectivity index (χ1n) is 8.31. The summed E-state index contributed by atoms with van der Waals surface area (Å²) in [7, 11) is 0. The third-order valence-electron chi connectivity index (χ3n) is 3.96. The molecule has 132 valence electrons. The molecule has 2 amide bonds. The lowest BCUT2D eigenvalue weighted by molar-refractivity contribution is -0.129. The van der Waals surface area contributed by atoms with E-state index in [4.69, 9.17) is 0 Å². The number of carbonyl (C=O) groups is 2. The van der Waals surface area contributed by atoms with Crippen molar-refractivity contribution in [2.24, 2.45) is 0 Å². The minimum Gasteiger partial charge on any atom is -0.342 e. The minimum absolute atomic E-state index is 0.125. The Balaban J connectivity index is 1.85. The number of aryl methyl sites for hydroxylation is 1. The highest BCUT2D eigenvalue weighted by molar-refractivity contribution is 5.91. The highest BCUT2D eigenvalue weighted by Gasteiger charge is 2.12. The molecule has 0 atom stereocenters. The van der Waals surface area contributed by atoms with Crippen molar-refractivity contribution in [1.82, 2.24) is 4.90 Å². The molecule has 0 aliphatic heterocycles. The number of anilines is 1. The van der Waals surface area contributed by atoms with Crippen LogP contribution in [0.2, 0.25) is 0 Å². The van der Waals surface area contributed by atoms with Crippen LogP contribution in [0.3, 0.4) is 0 Å². The van der Waals surface area contributed by atoms with Crippen LogP contribution in [-0.2, 0) is 16.0 Å². The third kappa shape index (κ3) is 6.03. The fourth-order valence-electron chi connectivity index (χ4n) is 2.57. The van der Waals surface area contributed by atoms with Crippen LogP contribution in [0.15, 0.2) is 48.5 Å². The van der Waals surface area contributed by atoms with Gasteiger partial charge in [0.15, 0.2) is 0 Å². The predicted octanol–water partition coefficient (Wildman–Crippen LogP) is 3.55. The molecule has 0 radical (unpaired) electrons. The smallest absolute Gasteiger partial charge is 0.226 e. The van der Waals surface area contributed by atoms with Gasteiger partial charge < -0.3 is 10.2 Å². The molecule has 0 spiro atoms. The molecule has 0 aromatic heterocycles. The number of nitrogens with one attached hydrogen (secondary N) is 1. The summed E-state index contributed by atoms with van der Waals surface area (Å²) in [6, 6.07) is 14.1. The lowest BCUT2D eigenvalue weighted by atomic mass is 10.1. The zero-order valence-electron chi connectivity index (χ0n) is 14.6. The van der Waals surface area contributed by atoms with Gasteiger partial charge in [-0.2, -0.15) is 0 Å². The Morgan fingerprint density at radius 2 is 1.84 bits per heavy atom. The summed E-state index contributed by atoms with van der Waals surface area (Å²) in [5.74, 6) is -0.550. The number of halogens is 1. The molecule has 25 heavy (non-hydrogen) atoms. The average Bonchev–Trinajstić information content (AvgIpc) is 2.56. The number of rotatable bonds is 7. The van der Waals surface area contributed by atoms with Crippen LogP contribution < -0.4 is 5.32 Å². The lowest BCUT2D eigenvalue weighted by Gasteiger charge is -2.21. The normalized spacial score (nSPS) is 10.4. The van der Waals surface area contributed by atoms with E-state index in [0.717, 1.165) is 11.3 Å². The molecule has 5 heteroatoms. The van der Waals surface area contributed by atoms with Crippen molar-refractivity contribution in [1.29, 1.82) is 0 Å². The summed E-state index contributed by atoms with van der Waals surface area (Å²) in [6.45, 7) is 4.10. The molecular formula is C20H23FN2O2. The van der Waals surface area contributed by atoms with Gasteiger partial charge in [-0.25, -0.2) is 4.39 Å². The van der Waals surface area contributed by atoms with Gasteiger partial charge in [-0.15, -0.1) is 0 Å². The Morgan fingerprint density at radius 1 is 1.08 bits per heavy atom. The second-order valence-electron chi connectivity index (χ2n) is 6.02. The van der Waals surface area contributed by atoms with E-state index in [1.807, 2.05) is 31.2 Å². The molecule has 0 saturated carbocycles. The van der Waals surface area contributed by atoms with Crippen LogP contribution in [0.25, 0.3) is 0 Å². The molecule has 0 unspecified atom stereocenters. The quantitative estimate of drug-likeness (QED) is 0.836. The van der Waals surface area contributed by atoms with Crippen molar-refractivity contribution in [3.63, 3.8) is 0 Å². The van der Waals surface area contributed by atoms with Gasteiger partial charge in [-0.1, -0.05) is 30.3 Å². The van der Waals surface area contributed by atoms with Gasteiger partial charge in [-0.3, -0.25) is 9.59 Å². The highest BCUT2D eigenvalue weighted by atomic mass is 19.1. The molecule has 0 aliphatic rings. The maximum Gasteiger partial charge on any atom is 0.226 e. The average molecular weight is 342 g/mol. The standard InChI is InChI=1S/C20H23FN2O2/c1-15-6-5-8-18(14-15)22-20(25)11-13-23(16(2)24)12-10-17-7-3-4-9-19(17)21/h3-9,14H,10-13H2,1-2H3,(H,22,25). The van der Waals surface area contributed by atoms with Crippen molar-refractivity contribution >= 4 is 17.5 Å². The maximum atomic E-state index is 13.7. The number of benzene rings is 2. The Hall–Kier alpha value is -2.69. The fourth-order valence-corrected chi connectivity index (χ4v) is 2.57. The topological polar surface area (TPSA) is 49.4 Å². The van der Waals surface area contributed by atoms with Gasteiger partial charge in [0.05, 0.1) is 0 Å². The Labute approximate surface area is 147 Å². The zero-order chi connectivity index (χ0) is 18.2. The number of amides is 2. The van der Waals surface area contributed by atoms with Crippen LogP contribution in [0.4, 0.5) is 10.1 Å². The Morgan fingerprint density at radius 3 is 2.52 bits per heavy atom. The van der Waals surface area contributed by atoms with E-state index in [1.165, 1.54) is 13.0 Å². The summed E-state index contributed by atoms with van der Waals surface area (Å²) in [4.78, 5) is 25.4. The van der Waals surface area contributed by atoms with Crippen molar-refractivity contribution < 1.29 is 14.0 Å². The lowest BCUT2D eigenvalue weighted by Crippen LogP contribution is -2.33. The van der Waals surface area contributed by atoms with Gasteiger partial charge >= 0.3 is 0 Å². The van der Waals surface area contributed by atoms with Gasteiger partial charge in [0, 0.05) is 32.1 Å². The summed E-state index contributed by atoms with van der Waals surface area (Å²) in [6.07, 6.45) is 0.622. The molecule has 0 aliphatic carbocycles. The van der Waals surface area contributed by atoms with Crippen LogP contribution in [0.5, 0.6) is 0 Å². The molecule has 4 nitrogen and oxygen atoms in total. The summed E-state index contributed by atoms with van der Waals surface area (Å²) in [5.41, 5.74) is 2.37. The number of carbonyl (C=O) groups excluding carboxylic acids is 2. The zero-order valence-corrected chi connectivity index (χ0v) is 14.6. The van der Waals surface area contributed by atoms with Crippen molar-refractivity contribution in [2.45, 2.75) is 26.7 Å². The van der Waals surface area contributed by atoms with E-state index in [0.29, 0.717) is 25.1 Å². The molecule has 1 N–H and O–H groups in total. The SMILES string of the molecule is CC(=O)N(CCC(=O)Nc1cccc(C)c1)CCc1ccccc1F. The Kier molecular flexibility index (Phi) is 6.69. The van der Waals surface area contributed by atoms with Gasteiger partial charge in [0.2, 0.25) is 11.8 Å². The van der Waals surface area contributed by atoms with Gasteiger partial charge in [-0.05, 0) is 42.7 Å². The predicted molar refractivity (Wildman–Crippen MR) is 96.8 cm³/mol. The van der Waals surface area contributed by atoms with E-state index >= 15 is 0 Å². The summed E-state index contributed by atoms with van der Waals surface area (Å²) >= 11 is 0. The van der Waals surface area contributed by atoms with Gasteiger partial charge in [0.25, 0.3) is 0 Å². The molecule has 2 rings (SSSR count). The van der Waals surface area contributed by atoms with Gasteiger partial charge in [0.1, 0.15) is 5.82 Å². The minimum atomic E-state index is -0.275. The number of hydrogen-bond donors (Lipinski definition) is 1. The van der Waals surface area contributed by atoms with E-state index in [1.54, 1.807) is 23.1 Å². The molecule has 0 fully saturated rings. The maximum absolute atomic E-state index is 13.7. The fraction of sp³-hybridized carbons (Fsp3) is 0.300. The van der Waals surface area contributed by atoms with Crippen molar-refractivity contribution in [2.75, 3.05) is 18.4 Å². The first-order chi connectivity index (χ1) is 12.0. The molecule has 2 aromatic rings. The summed E-state index contributed by atoms with van der Waals surface area (Å²) in [5, 5.41) is 2.82.